The van der Waals surface area contributed by atoms with Crippen LogP contribution in [0.25, 0.3) is 0 Å². The summed E-state index contributed by atoms with van der Waals surface area (Å²) in [6, 6.07) is 9.96. The second kappa shape index (κ2) is 9.62. The van der Waals surface area contributed by atoms with Crippen molar-refractivity contribution in [3.05, 3.63) is 69.2 Å². The maximum Gasteiger partial charge on any atom is 0.339 e. The SMILES string of the molecule is CCCCc1nnc(NC(=O)c2ccc(OS(=O)(=O)c3cccc([N+](=O)[O-])c3)cc2)s1. The van der Waals surface area contributed by atoms with Crippen LogP contribution >= 0.6 is 11.3 Å². The number of nitrogens with one attached hydrogen (secondary N) is 1. The Labute approximate surface area is 182 Å². The van der Waals surface area contributed by atoms with Gasteiger partial charge in [-0.2, -0.15) is 8.42 Å². The van der Waals surface area contributed by atoms with Crippen LogP contribution in [0.3, 0.4) is 0 Å². The van der Waals surface area contributed by atoms with Crippen LogP contribution in [0.15, 0.2) is 53.4 Å². The number of amides is 1. The molecule has 0 saturated carbocycles. The van der Waals surface area contributed by atoms with Gasteiger partial charge in [0.25, 0.3) is 11.6 Å². The third-order valence-corrected chi connectivity index (χ3v) is 6.21. The van der Waals surface area contributed by atoms with Crippen molar-refractivity contribution in [2.24, 2.45) is 0 Å². The van der Waals surface area contributed by atoms with Gasteiger partial charge in [-0.25, -0.2) is 0 Å². The van der Waals surface area contributed by atoms with Gasteiger partial charge in [-0.3, -0.25) is 20.2 Å². The molecule has 0 aliphatic heterocycles. The van der Waals surface area contributed by atoms with Crippen molar-refractivity contribution in [3.63, 3.8) is 0 Å². The zero-order valence-electron chi connectivity index (χ0n) is 16.3. The van der Waals surface area contributed by atoms with Crippen molar-refractivity contribution >= 4 is 38.2 Å². The lowest BCUT2D eigenvalue weighted by molar-refractivity contribution is -0.385. The summed E-state index contributed by atoms with van der Waals surface area (Å²) in [5.41, 5.74) is -0.100. The maximum atomic E-state index is 12.4. The number of non-ortho nitro benzene ring substituents is 1. The quantitative estimate of drug-likeness (QED) is 0.287. The third-order valence-electron chi connectivity index (χ3n) is 4.07. The summed E-state index contributed by atoms with van der Waals surface area (Å²) < 4.78 is 29.8. The number of nitro groups is 1. The summed E-state index contributed by atoms with van der Waals surface area (Å²) in [7, 11) is -4.28. The van der Waals surface area contributed by atoms with Crippen LogP contribution in [0.1, 0.15) is 35.1 Å². The van der Waals surface area contributed by atoms with E-state index in [1.807, 2.05) is 0 Å². The molecule has 10 nitrogen and oxygen atoms in total. The molecule has 1 amide bonds. The van der Waals surface area contributed by atoms with Gasteiger partial charge in [0.05, 0.1) is 4.92 Å². The summed E-state index contributed by atoms with van der Waals surface area (Å²) in [6.07, 6.45) is 2.82. The number of rotatable bonds is 9. The van der Waals surface area contributed by atoms with Gasteiger partial charge in [0.1, 0.15) is 15.7 Å². The van der Waals surface area contributed by atoms with Gasteiger partial charge in [0.15, 0.2) is 0 Å². The Bertz CT molecular complexity index is 1190. The highest BCUT2D eigenvalue weighted by atomic mass is 32.2. The van der Waals surface area contributed by atoms with Crippen molar-refractivity contribution in [2.75, 3.05) is 5.32 Å². The number of hydrogen-bond donors (Lipinski definition) is 1. The van der Waals surface area contributed by atoms with E-state index in [9.17, 15) is 23.3 Å². The standard InChI is InChI=1S/C19H18N4O6S2/c1-2-3-7-17-21-22-19(30-17)20-18(24)13-8-10-15(11-9-13)29-31(27,28)16-6-4-5-14(12-16)23(25)26/h4-6,8-12H,2-3,7H2,1H3,(H,20,22,24). The highest BCUT2D eigenvalue weighted by Gasteiger charge is 2.20. The minimum Gasteiger partial charge on any atom is -0.379 e. The molecule has 3 aromatic rings. The first kappa shape index (κ1) is 22.3. The topological polar surface area (TPSA) is 141 Å². The summed E-state index contributed by atoms with van der Waals surface area (Å²) in [5, 5.41) is 22.7. The lowest BCUT2D eigenvalue weighted by atomic mass is 10.2. The van der Waals surface area contributed by atoms with Gasteiger partial charge < -0.3 is 4.18 Å². The predicted molar refractivity (Wildman–Crippen MR) is 114 cm³/mol. The highest BCUT2D eigenvalue weighted by Crippen LogP contribution is 2.23. The molecule has 0 saturated heterocycles. The van der Waals surface area contributed by atoms with Gasteiger partial charge in [0, 0.05) is 24.1 Å². The second-order valence-corrected chi connectivity index (χ2v) is 8.98. The summed E-state index contributed by atoms with van der Waals surface area (Å²) in [6.45, 7) is 2.08. The van der Waals surface area contributed by atoms with Gasteiger partial charge in [0.2, 0.25) is 5.13 Å². The Kier molecular flexibility index (Phi) is 6.92. The molecule has 162 valence electrons. The number of nitrogens with zero attached hydrogens (tertiary/aromatic N) is 3. The number of aryl methyl sites for hydroxylation is 1. The molecule has 0 fully saturated rings. The molecular weight excluding hydrogens is 444 g/mol. The van der Waals surface area contributed by atoms with Gasteiger partial charge in [-0.15, -0.1) is 10.2 Å². The molecule has 0 atom stereocenters. The summed E-state index contributed by atoms with van der Waals surface area (Å²) in [5.74, 6) is -0.466. The molecule has 1 aromatic heterocycles. The third kappa shape index (κ3) is 5.83. The first-order valence-corrected chi connectivity index (χ1v) is 11.4. The van der Waals surface area contributed by atoms with Gasteiger partial charge >= 0.3 is 10.1 Å². The average molecular weight is 463 g/mol. The number of carbonyl (C=O) groups is 1. The monoisotopic (exact) mass is 462 g/mol. The molecule has 0 radical (unpaired) electrons. The highest BCUT2D eigenvalue weighted by molar-refractivity contribution is 7.87. The van der Waals surface area contributed by atoms with E-state index in [0.717, 1.165) is 30.3 Å². The molecular formula is C19H18N4O6S2. The van der Waals surface area contributed by atoms with Crippen molar-refractivity contribution in [2.45, 2.75) is 31.1 Å². The molecule has 12 heteroatoms. The second-order valence-electron chi connectivity index (χ2n) is 6.37. The lowest BCUT2D eigenvalue weighted by Crippen LogP contribution is -2.12. The molecule has 1 N–H and O–H groups in total. The Morgan fingerprint density at radius 2 is 1.94 bits per heavy atom. The van der Waals surface area contributed by atoms with E-state index in [1.54, 1.807) is 0 Å². The van der Waals surface area contributed by atoms with E-state index in [-0.39, 0.29) is 21.9 Å². The Morgan fingerprint density at radius 1 is 1.19 bits per heavy atom. The molecule has 31 heavy (non-hydrogen) atoms. The first-order chi connectivity index (χ1) is 14.8. The minimum atomic E-state index is -4.28. The van der Waals surface area contributed by atoms with Crippen LogP contribution < -0.4 is 9.50 Å². The molecule has 0 spiro atoms. The van der Waals surface area contributed by atoms with Crippen LogP contribution in [0.4, 0.5) is 10.8 Å². The van der Waals surface area contributed by atoms with E-state index in [2.05, 4.69) is 22.4 Å². The molecule has 0 bridgehead atoms. The van der Waals surface area contributed by atoms with Crippen molar-refractivity contribution in [1.82, 2.24) is 10.2 Å². The van der Waals surface area contributed by atoms with Crippen molar-refractivity contribution in [1.29, 1.82) is 0 Å². The fraction of sp³-hybridized carbons (Fsp3) is 0.211. The zero-order valence-corrected chi connectivity index (χ0v) is 18.0. The van der Waals surface area contributed by atoms with E-state index < -0.39 is 20.9 Å². The summed E-state index contributed by atoms with van der Waals surface area (Å²) >= 11 is 1.30. The number of anilines is 1. The van der Waals surface area contributed by atoms with Crippen LogP contribution in [0.5, 0.6) is 5.75 Å². The lowest BCUT2D eigenvalue weighted by Gasteiger charge is -2.08. The van der Waals surface area contributed by atoms with Crippen LogP contribution in [-0.2, 0) is 16.5 Å². The predicted octanol–water partition coefficient (Wildman–Crippen LogP) is 3.81. The molecule has 0 aliphatic rings. The fourth-order valence-electron chi connectivity index (χ4n) is 2.49. The van der Waals surface area contributed by atoms with Gasteiger partial charge in [-0.1, -0.05) is 30.7 Å². The molecule has 2 aromatic carbocycles. The number of carbonyl (C=O) groups excluding carboxylic acids is 1. The zero-order chi connectivity index (χ0) is 22.4. The number of benzene rings is 2. The molecule has 1 heterocycles. The van der Waals surface area contributed by atoms with Crippen molar-refractivity contribution in [3.8, 4) is 5.75 Å². The number of unbranched alkanes of at least 4 members (excludes halogenated alkanes) is 1. The maximum absolute atomic E-state index is 12.4. The first-order valence-electron chi connectivity index (χ1n) is 9.21. The normalized spacial score (nSPS) is 11.1. The largest absolute Gasteiger partial charge is 0.379 e. The molecule has 0 unspecified atom stereocenters. The smallest absolute Gasteiger partial charge is 0.339 e. The number of nitro benzene ring substituents is 1. The van der Waals surface area contributed by atoms with Crippen LogP contribution in [0, 0.1) is 10.1 Å². The summed E-state index contributed by atoms with van der Waals surface area (Å²) in [4.78, 5) is 22.2. The molecule has 0 aliphatic carbocycles. The van der Waals surface area contributed by atoms with E-state index in [0.29, 0.717) is 5.13 Å². The van der Waals surface area contributed by atoms with E-state index >= 15 is 0 Å². The van der Waals surface area contributed by atoms with Crippen molar-refractivity contribution < 1.29 is 22.3 Å². The number of aromatic nitrogens is 2. The van der Waals surface area contributed by atoms with Crippen LogP contribution in [-0.4, -0.2) is 29.4 Å². The average Bonchev–Trinajstić information content (AvgIpc) is 3.19. The Morgan fingerprint density at radius 3 is 2.61 bits per heavy atom. The fourth-order valence-corrected chi connectivity index (χ4v) is 4.24. The van der Waals surface area contributed by atoms with Gasteiger partial charge in [-0.05, 0) is 36.8 Å². The minimum absolute atomic E-state index is 0.0409. The Balaban J connectivity index is 1.67. The van der Waals surface area contributed by atoms with E-state index in [4.69, 9.17) is 4.18 Å². The van der Waals surface area contributed by atoms with Crippen LogP contribution in [0.2, 0.25) is 0 Å². The molecule has 3 rings (SSSR count). The Hall–Kier alpha value is -3.38. The van der Waals surface area contributed by atoms with E-state index in [1.165, 1.54) is 53.8 Å². The number of hydrogen-bond acceptors (Lipinski definition) is 9.